The van der Waals surface area contributed by atoms with Crippen LogP contribution in [0.25, 0.3) is 0 Å². The third-order valence-corrected chi connectivity index (χ3v) is 1.60. The van der Waals surface area contributed by atoms with Crippen molar-refractivity contribution < 1.29 is 9.21 Å². The number of nitrogens with zero attached hydrogens (tertiary/aromatic N) is 1. The average Bonchev–Trinajstić information content (AvgIpc) is 2.66. The van der Waals surface area contributed by atoms with Gasteiger partial charge in [0.2, 0.25) is 0 Å². The Hall–Kier alpha value is -1.58. The molecule has 13 heavy (non-hydrogen) atoms. The number of carbonyl (C=O) groups excluding carboxylic acids is 1. The first kappa shape index (κ1) is 9.51. The fourth-order valence-corrected chi connectivity index (χ4v) is 0.688. The molecule has 0 aliphatic heterocycles. The largest absolute Gasteiger partial charge is 0.459 e. The molecular formula is C9H12N2O2. The lowest BCUT2D eigenvalue weighted by molar-refractivity contribution is 0.0927. The maximum atomic E-state index is 11.2. The number of hydrogen-bond acceptors (Lipinski definition) is 3. The summed E-state index contributed by atoms with van der Waals surface area (Å²) in [6.45, 7) is 3.82. The summed E-state index contributed by atoms with van der Waals surface area (Å²) in [4.78, 5) is 11.2. The van der Waals surface area contributed by atoms with Crippen LogP contribution in [-0.2, 0) is 0 Å². The second-order valence-electron chi connectivity index (χ2n) is 2.62. The average molecular weight is 180 g/mol. The van der Waals surface area contributed by atoms with E-state index in [4.69, 9.17) is 4.42 Å². The van der Waals surface area contributed by atoms with E-state index >= 15 is 0 Å². The number of nitrogens with one attached hydrogen (secondary N) is 1. The third kappa shape index (κ3) is 2.74. The van der Waals surface area contributed by atoms with Crippen LogP contribution in [-0.4, -0.2) is 11.6 Å². The Morgan fingerprint density at radius 2 is 2.46 bits per heavy atom. The highest BCUT2D eigenvalue weighted by atomic mass is 16.3. The maximum Gasteiger partial charge on any atom is 0.307 e. The Morgan fingerprint density at radius 1 is 1.69 bits per heavy atom. The molecule has 4 nitrogen and oxygen atoms in total. The van der Waals surface area contributed by atoms with E-state index in [0.29, 0.717) is 0 Å². The summed E-state index contributed by atoms with van der Waals surface area (Å²) < 4.78 is 4.88. The molecule has 0 aliphatic rings. The van der Waals surface area contributed by atoms with E-state index in [1.165, 1.54) is 6.26 Å². The summed E-state index contributed by atoms with van der Waals surface area (Å²) in [5.74, 6) is -0.0505. The molecule has 0 aromatic carbocycles. The minimum atomic E-state index is -0.321. The molecule has 1 rings (SSSR count). The molecule has 0 aliphatic carbocycles. The molecule has 0 bridgehead atoms. The molecule has 0 spiro atoms. The quantitative estimate of drug-likeness (QED) is 0.569. The maximum absolute atomic E-state index is 11.2. The van der Waals surface area contributed by atoms with E-state index in [-0.39, 0.29) is 11.7 Å². The zero-order chi connectivity index (χ0) is 9.68. The van der Waals surface area contributed by atoms with Gasteiger partial charge < -0.3 is 4.42 Å². The predicted molar refractivity (Wildman–Crippen MR) is 49.6 cm³/mol. The summed E-state index contributed by atoms with van der Waals surface area (Å²) >= 11 is 0. The first-order valence-corrected chi connectivity index (χ1v) is 4.11. The first-order valence-electron chi connectivity index (χ1n) is 4.11. The van der Waals surface area contributed by atoms with E-state index < -0.39 is 0 Å². The Morgan fingerprint density at radius 3 is 3.00 bits per heavy atom. The standard InChI is InChI=1S/C9H12N2O2/c1-3-7(2)10-11-9(12)8-5-4-6-13-8/h4-6H,3H2,1-2H3,(H,11,12)/b10-7+. The molecule has 0 saturated carbocycles. The van der Waals surface area contributed by atoms with Gasteiger partial charge in [-0.2, -0.15) is 5.10 Å². The van der Waals surface area contributed by atoms with Crippen molar-refractivity contribution in [1.29, 1.82) is 0 Å². The summed E-state index contributed by atoms with van der Waals surface area (Å²) in [5.41, 5.74) is 3.27. The number of hydrogen-bond donors (Lipinski definition) is 1. The van der Waals surface area contributed by atoms with Crippen LogP contribution in [0, 0.1) is 0 Å². The van der Waals surface area contributed by atoms with Crippen LogP contribution in [0.5, 0.6) is 0 Å². The van der Waals surface area contributed by atoms with Crippen LogP contribution in [0.2, 0.25) is 0 Å². The Kier molecular flexibility index (Phi) is 3.25. The van der Waals surface area contributed by atoms with Gasteiger partial charge in [0, 0.05) is 5.71 Å². The zero-order valence-corrected chi connectivity index (χ0v) is 7.70. The molecule has 1 aromatic rings. The van der Waals surface area contributed by atoms with Gasteiger partial charge in [-0.3, -0.25) is 4.79 Å². The van der Waals surface area contributed by atoms with Crippen molar-refractivity contribution in [3.05, 3.63) is 24.2 Å². The molecule has 0 fully saturated rings. The van der Waals surface area contributed by atoms with E-state index in [2.05, 4.69) is 10.5 Å². The normalized spacial score (nSPS) is 11.4. The number of furan rings is 1. The highest BCUT2D eigenvalue weighted by Gasteiger charge is 2.05. The number of carbonyl (C=O) groups is 1. The first-order chi connectivity index (χ1) is 6.24. The van der Waals surface area contributed by atoms with Gasteiger partial charge in [-0.1, -0.05) is 6.92 Å². The minimum Gasteiger partial charge on any atom is -0.459 e. The van der Waals surface area contributed by atoms with Crippen molar-refractivity contribution in [2.45, 2.75) is 20.3 Å². The SMILES string of the molecule is CC/C(C)=N/NC(=O)c1ccco1. The Balaban J connectivity index is 2.52. The smallest absolute Gasteiger partial charge is 0.307 e. The lowest BCUT2D eigenvalue weighted by Crippen LogP contribution is -2.18. The van der Waals surface area contributed by atoms with Gasteiger partial charge in [0.05, 0.1) is 6.26 Å². The van der Waals surface area contributed by atoms with Crippen LogP contribution in [0.1, 0.15) is 30.8 Å². The van der Waals surface area contributed by atoms with Crippen LogP contribution >= 0.6 is 0 Å². The lowest BCUT2D eigenvalue weighted by Gasteiger charge is -1.96. The monoisotopic (exact) mass is 180 g/mol. The summed E-state index contributed by atoms with van der Waals surface area (Å²) in [5, 5.41) is 3.86. The molecule has 0 radical (unpaired) electrons. The molecule has 1 aromatic heterocycles. The van der Waals surface area contributed by atoms with E-state index in [1.54, 1.807) is 12.1 Å². The van der Waals surface area contributed by atoms with Gasteiger partial charge in [-0.05, 0) is 25.5 Å². The van der Waals surface area contributed by atoms with E-state index in [0.717, 1.165) is 12.1 Å². The van der Waals surface area contributed by atoms with Crippen LogP contribution < -0.4 is 5.43 Å². The van der Waals surface area contributed by atoms with Crippen molar-refractivity contribution in [3.8, 4) is 0 Å². The summed E-state index contributed by atoms with van der Waals surface area (Å²) in [6, 6.07) is 3.25. The van der Waals surface area contributed by atoms with Gasteiger partial charge in [0.15, 0.2) is 5.76 Å². The molecule has 1 N–H and O–H groups in total. The van der Waals surface area contributed by atoms with E-state index in [9.17, 15) is 4.79 Å². The van der Waals surface area contributed by atoms with Crippen molar-refractivity contribution >= 4 is 11.6 Å². The molecule has 0 atom stereocenters. The van der Waals surface area contributed by atoms with Crippen LogP contribution in [0.4, 0.5) is 0 Å². The topological polar surface area (TPSA) is 54.6 Å². The molecule has 70 valence electrons. The summed E-state index contributed by atoms with van der Waals surface area (Å²) in [6.07, 6.45) is 2.27. The molecular weight excluding hydrogens is 168 g/mol. The van der Waals surface area contributed by atoms with Gasteiger partial charge >= 0.3 is 5.91 Å². The lowest BCUT2D eigenvalue weighted by atomic mass is 10.3. The molecule has 1 heterocycles. The van der Waals surface area contributed by atoms with Crippen molar-refractivity contribution in [2.24, 2.45) is 5.10 Å². The van der Waals surface area contributed by atoms with Crippen molar-refractivity contribution in [3.63, 3.8) is 0 Å². The second-order valence-corrected chi connectivity index (χ2v) is 2.62. The van der Waals surface area contributed by atoms with Gasteiger partial charge in [0.25, 0.3) is 0 Å². The molecule has 0 unspecified atom stereocenters. The number of hydrazone groups is 1. The molecule has 0 saturated heterocycles. The highest BCUT2D eigenvalue weighted by Crippen LogP contribution is 1.98. The zero-order valence-electron chi connectivity index (χ0n) is 7.70. The van der Waals surface area contributed by atoms with E-state index in [1.807, 2.05) is 13.8 Å². The van der Waals surface area contributed by atoms with Crippen LogP contribution in [0.3, 0.4) is 0 Å². The fraction of sp³-hybridized carbons (Fsp3) is 0.333. The number of rotatable bonds is 3. The highest BCUT2D eigenvalue weighted by molar-refractivity contribution is 5.92. The number of amides is 1. The fourth-order valence-electron chi connectivity index (χ4n) is 0.688. The van der Waals surface area contributed by atoms with Crippen molar-refractivity contribution in [2.75, 3.05) is 0 Å². The van der Waals surface area contributed by atoms with Gasteiger partial charge in [-0.15, -0.1) is 0 Å². The van der Waals surface area contributed by atoms with Gasteiger partial charge in [-0.25, -0.2) is 5.43 Å². The molecule has 4 heteroatoms. The minimum absolute atomic E-state index is 0.271. The van der Waals surface area contributed by atoms with Crippen LogP contribution in [0.15, 0.2) is 27.9 Å². The Labute approximate surface area is 76.6 Å². The van der Waals surface area contributed by atoms with Gasteiger partial charge in [0.1, 0.15) is 0 Å². The van der Waals surface area contributed by atoms with Crippen molar-refractivity contribution in [1.82, 2.24) is 5.43 Å². The third-order valence-electron chi connectivity index (χ3n) is 1.60. The predicted octanol–water partition coefficient (Wildman–Crippen LogP) is 1.80. The second kappa shape index (κ2) is 4.45. The summed E-state index contributed by atoms with van der Waals surface area (Å²) in [7, 11) is 0. The Bertz CT molecular complexity index is 301. The molecule has 1 amide bonds.